The third kappa shape index (κ3) is 2.31. The Bertz CT molecular complexity index is 216. The normalized spacial score (nSPS) is 28.9. The molecule has 0 amide bonds. The molecule has 11 heavy (non-hydrogen) atoms. The lowest BCUT2D eigenvalue weighted by atomic mass is 9.90. The van der Waals surface area contributed by atoms with Crippen molar-refractivity contribution in [1.29, 1.82) is 0 Å². The lowest BCUT2D eigenvalue weighted by Gasteiger charge is -2.23. The Kier molecular flexibility index (Phi) is 2.25. The van der Waals surface area contributed by atoms with Crippen molar-refractivity contribution in [3.63, 3.8) is 0 Å². The molecular weight excluding hydrogens is 140 g/mol. The van der Waals surface area contributed by atoms with Gasteiger partial charge in [-0.2, -0.15) is 0 Å². The molecule has 1 aliphatic carbocycles. The first kappa shape index (κ1) is 8.21. The minimum atomic E-state index is -0.916. The van der Waals surface area contributed by atoms with Gasteiger partial charge in [0.25, 0.3) is 0 Å². The third-order valence-corrected chi connectivity index (χ3v) is 1.68. The zero-order valence-electron chi connectivity index (χ0n) is 6.58. The second-order valence-electron chi connectivity index (χ2n) is 2.97. The SMILES string of the molecule is CC(=O)CC1(O)C=CC=CC1. The zero-order valence-corrected chi connectivity index (χ0v) is 6.58. The summed E-state index contributed by atoms with van der Waals surface area (Å²) >= 11 is 0. The topological polar surface area (TPSA) is 37.3 Å². The fourth-order valence-electron chi connectivity index (χ4n) is 1.22. The maximum atomic E-state index is 10.7. The number of carbonyl (C=O) groups excluding carboxylic acids is 1. The number of hydrogen-bond acceptors (Lipinski definition) is 2. The molecule has 0 aromatic carbocycles. The monoisotopic (exact) mass is 152 g/mol. The van der Waals surface area contributed by atoms with E-state index in [9.17, 15) is 9.90 Å². The molecule has 1 atom stereocenters. The Hall–Kier alpha value is -0.890. The molecule has 2 nitrogen and oxygen atoms in total. The largest absolute Gasteiger partial charge is 0.385 e. The van der Waals surface area contributed by atoms with Crippen LogP contribution < -0.4 is 0 Å². The van der Waals surface area contributed by atoms with Crippen molar-refractivity contribution < 1.29 is 9.90 Å². The highest BCUT2D eigenvalue weighted by Crippen LogP contribution is 2.21. The van der Waals surface area contributed by atoms with Crippen LogP contribution in [-0.2, 0) is 4.79 Å². The molecule has 0 aromatic heterocycles. The summed E-state index contributed by atoms with van der Waals surface area (Å²) in [5.41, 5.74) is -0.916. The van der Waals surface area contributed by atoms with E-state index in [1.54, 1.807) is 12.2 Å². The Morgan fingerprint density at radius 1 is 1.64 bits per heavy atom. The van der Waals surface area contributed by atoms with Gasteiger partial charge in [-0.05, 0) is 13.3 Å². The standard InChI is InChI=1S/C9H12O2/c1-8(10)7-9(11)5-3-2-4-6-9/h2-5,11H,6-7H2,1H3. The molecule has 0 spiro atoms. The van der Waals surface area contributed by atoms with Gasteiger partial charge in [-0.25, -0.2) is 0 Å². The maximum absolute atomic E-state index is 10.7. The summed E-state index contributed by atoms with van der Waals surface area (Å²) in [6, 6.07) is 0. The smallest absolute Gasteiger partial charge is 0.133 e. The summed E-state index contributed by atoms with van der Waals surface area (Å²) < 4.78 is 0. The molecule has 0 aliphatic heterocycles. The van der Waals surface area contributed by atoms with Crippen molar-refractivity contribution in [3.8, 4) is 0 Å². The van der Waals surface area contributed by atoms with E-state index in [1.165, 1.54) is 6.92 Å². The van der Waals surface area contributed by atoms with E-state index >= 15 is 0 Å². The number of rotatable bonds is 2. The molecule has 0 fully saturated rings. The van der Waals surface area contributed by atoms with E-state index in [0.717, 1.165) is 0 Å². The zero-order chi connectivity index (χ0) is 8.32. The van der Waals surface area contributed by atoms with Crippen LogP contribution in [-0.4, -0.2) is 16.5 Å². The lowest BCUT2D eigenvalue weighted by Crippen LogP contribution is -2.28. The molecule has 0 radical (unpaired) electrons. The highest BCUT2D eigenvalue weighted by atomic mass is 16.3. The van der Waals surface area contributed by atoms with Gasteiger partial charge in [0.15, 0.2) is 0 Å². The molecule has 2 heteroatoms. The van der Waals surface area contributed by atoms with Gasteiger partial charge in [-0.15, -0.1) is 0 Å². The molecule has 0 aromatic rings. The van der Waals surface area contributed by atoms with Crippen LogP contribution in [0.2, 0.25) is 0 Å². The van der Waals surface area contributed by atoms with E-state index in [0.29, 0.717) is 6.42 Å². The molecule has 1 aliphatic rings. The van der Waals surface area contributed by atoms with Crippen LogP contribution in [0.15, 0.2) is 24.3 Å². The molecule has 0 saturated heterocycles. The van der Waals surface area contributed by atoms with Gasteiger partial charge in [0.05, 0.1) is 5.60 Å². The van der Waals surface area contributed by atoms with Crippen LogP contribution in [0.4, 0.5) is 0 Å². The number of hydrogen-bond donors (Lipinski definition) is 1. The molecule has 0 heterocycles. The van der Waals surface area contributed by atoms with Crippen LogP contribution in [0.25, 0.3) is 0 Å². The van der Waals surface area contributed by atoms with Crippen molar-refractivity contribution in [1.82, 2.24) is 0 Å². The van der Waals surface area contributed by atoms with Crippen molar-refractivity contribution in [3.05, 3.63) is 24.3 Å². The molecule has 1 rings (SSSR count). The Morgan fingerprint density at radius 3 is 2.82 bits per heavy atom. The summed E-state index contributed by atoms with van der Waals surface area (Å²) in [6.07, 6.45) is 7.94. The number of aliphatic hydroxyl groups is 1. The average Bonchev–Trinajstić information content (AvgIpc) is 1.85. The van der Waals surface area contributed by atoms with Crippen molar-refractivity contribution >= 4 is 5.78 Å². The molecule has 60 valence electrons. The fraction of sp³-hybridized carbons (Fsp3) is 0.444. The Morgan fingerprint density at radius 2 is 2.36 bits per heavy atom. The van der Waals surface area contributed by atoms with Crippen LogP contribution in [0.5, 0.6) is 0 Å². The minimum Gasteiger partial charge on any atom is -0.385 e. The van der Waals surface area contributed by atoms with Crippen molar-refractivity contribution in [2.45, 2.75) is 25.4 Å². The Balaban J connectivity index is 2.61. The van der Waals surface area contributed by atoms with Crippen LogP contribution in [0.3, 0.4) is 0 Å². The lowest BCUT2D eigenvalue weighted by molar-refractivity contribution is -0.120. The van der Waals surface area contributed by atoms with E-state index in [2.05, 4.69) is 0 Å². The summed E-state index contributed by atoms with van der Waals surface area (Å²) in [5.74, 6) is 0.0208. The first-order chi connectivity index (χ1) is 5.12. The van der Waals surface area contributed by atoms with E-state index in [1.807, 2.05) is 12.2 Å². The van der Waals surface area contributed by atoms with Gasteiger partial charge < -0.3 is 5.11 Å². The first-order valence-electron chi connectivity index (χ1n) is 3.69. The van der Waals surface area contributed by atoms with Gasteiger partial charge in [0.1, 0.15) is 5.78 Å². The third-order valence-electron chi connectivity index (χ3n) is 1.68. The van der Waals surface area contributed by atoms with Gasteiger partial charge in [0.2, 0.25) is 0 Å². The highest BCUT2D eigenvalue weighted by Gasteiger charge is 2.24. The molecule has 1 unspecified atom stereocenters. The second-order valence-corrected chi connectivity index (χ2v) is 2.97. The predicted octanol–water partition coefficient (Wildman–Crippen LogP) is 1.21. The van der Waals surface area contributed by atoms with E-state index in [-0.39, 0.29) is 12.2 Å². The number of allylic oxidation sites excluding steroid dienone is 2. The van der Waals surface area contributed by atoms with Crippen LogP contribution in [0, 0.1) is 0 Å². The summed E-state index contributed by atoms with van der Waals surface area (Å²) in [4.78, 5) is 10.7. The van der Waals surface area contributed by atoms with Crippen molar-refractivity contribution in [2.24, 2.45) is 0 Å². The average molecular weight is 152 g/mol. The van der Waals surface area contributed by atoms with Gasteiger partial charge in [-0.3, -0.25) is 4.79 Å². The fourth-order valence-corrected chi connectivity index (χ4v) is 1.22. The first-order valence-corrected chi connectivity index (χ1v) is 3.69. The van der Waals surface area contributed by atoms with Crippen LogP contribution >= 0.6 is 0 Å². The summed E-state index contributed by atoms with van der Waals surface area (Å²) in [5, 5.41) is 9.68. The van der Waals surface area contributed by atoms with E-state index in [4.69, 9.17) is 0 Å². The van der Waals surface area contributed by atoms with Crippen molar-refractivity contribution in [2.75, 3.05) is 0 Å². The second kappa shape index (κ2) is 3.01. The number of Topliss-reactive ketones (excluding diaryl/α,β-unsaturated/α-hetero) is 1. The van der Waals surface area contributed by atoms with Crippen LogP contribution in [0.1, 0.15) is 19.8 Å². The van der Waals surface area contributed by atoms with E-state index < -0.39 is 5.60 Å². The molecular formula is C9H12O2. The molecule has 0 bridgehead atoms. The summed E-state index contributed by atoms with van der Waals surface area (Å²) in [7, 11) is 0. The molecule has 1 N–H and O–H groups in total. The highest BCUT2D eigenvalue weighted by molar-refractivity contribution is 5.77. The maximum Gasteiger partial charge on any atom is 0.133 e. The van der Waals surface area contributed by atoms with Gasteiger partial charge in [-0.1, -0.05) is 24.3 Å². The quantitative estimate of drug-likeness (QED) is 0.645. The summed E-state index contributed by atoms with van der Waals surface area (Å²) in [6.45, 7) is 1.49. The Labute approximate surface area is 66.2 Å². The molecule has 0 saturated carbocycles. The number of ketones is 1. The van der Waals surface area contributed by atoms with Gasteiger partial charge in [0, 0.05) is 6.42 Å². The predicted molar refractivity (Wildman–Crippen MR) is 43.1 cm³/mol. The van der Waals surface area contributed by atoms with Gasteiger partial charge >= 0.3 is 0 Å². The number of carbonyl (C=O) groups is 1. The minimum absolute atomic E-state index is 0.0208.